The molecule has 1 aromatic rings. The highest BCUT2D eigenvalue weighted by Crippen LogP contribution is 2.10. The molecular formula is C9H9N3O3S. The van der Waals surface area contributed by atoms with Gasteiger partial charge in [0.1, 0.15) is 0 Å². The molecule has 1 amide bonds. The van der Waals surface area contributed by atoms with Crippen molar-refractivity contribution in [2.45, 2.75) is 0 Å². The van der Waals surface area contributed by atoms with Crippen LogP contribution in [-0.2, 0) is 0 Å². The van der Waals surface area contributed by atoms with Gasteiger partial charge in [-0.1, -0.05) is 11.8 Å². The molecular weight excluding hydrogens is 230 g/mol. The van der Waals surface area contributed by atoms with Crippen LogP contribution in [0.3, 0.4) is 0 Å². The Labute approximate surface area is 94.8 Å². The van der Waals surface area contributed by atoms with Gasteiger partial charge >= 0.3 is 0 Å². The van der Waals surface area contributed by atoms with Crippen LogP contribution in [0.1, 0.15) is 10.4 Å². The number of thioether (sulfide) groups is 1. The largest absolute Gasteiger partial charge is 0.494 e. The molecule has 1 aromatic heterocycles. The Bertz CT molecular complexity index is 509. The van der Waals surface area contributed by atoms with Crippen LogP contribution < -0.4 is 10.9 Å². The first-order chi connectivity index (χ1) is 7.65. The number of amidine groups is 1. The maximum Gasteiger partial charge on any atom is 0.257 e. The summed E-state index contributed by atoms with van der Waals surface area (Å²) in [4.78, 5) is 28.8. The molecule has 0 saturated carbocycles. The Hall–Kier alpha value is -1.76. The predicted octanol–water partition coefficient (Wildman–Crippen LogP) is -0.0869. The average Bonchev–Trinajstić information content (AvgIpc) is 2.68. The van der Waals surface area contributed by atoms with Gasteiger partial charge in [-0.2, -0.15) is 0 Å². The standard InChI is InChI=1S/C9H9N3O3S/c13-6-3-5(4-7(14)11-6)8(15)12-9-10-1-2-16-9/h3-4H,1-2H2,(H,10,12,15)(H2,11,13,14). The monoisotopic (exact) mass is 239 g/mol. The first-order valence-corrected chi connectivity index (χ1v) is 5.55. The van der Waals surface area contributed by atoms with Crippen LogP contribution in [-0.4, -0.2) is 33.5 Å². The number of nitrogens with one attached hydrogen (secondary N) is 2. The molecule has 7 heteroatoms. The lowest BCUT2D eigenvalue weighted by atomic mass is 10.2. The summed E-state index contributed by atoms with van der Waals surface area (Å²) in [5.74, 6) is 0.0594. The number of aromatic amines is 1. The minimum absolute atomic E-state index is 0.108. The van der Waals surface area contributed by atoms with Crippen LogP contribution in [0.15, 0.2) is 21.9 Å². The fraction of sp³-hybridized carbons (Fsp3) is 0.222. The normalized spacial score (nSPS) is 14.6. The van der Waals surface area contributed by atoms with Crippen molar-refractivity contribution in [2.75, 3.05) is 12.3 Å². The van der Waals surface area contributed by atoms with Gasteiger partial charge in [0.15, 0.2) is 11.0 Å². The van der Waals surface area contributed by atoms with Crippen molar-refractivity contribution in [3.05, 3.63) is 28.0 Å². The number of amides is 1. The second kappa shape index (κ2) is 4.40. The zero-order chi connectivity index (χ0) is 11.5. The molecule has 1 aliphatic heterocycles. The van der Waals surface area contributed by atoms with E-state index in [2.05, 4.69) is 15.3 Å². The third kappa shape index (κ3) is 2.43. The number of hydrogen-bond acceptors (Lipinski definition) is 5. The number of rotatable bonds is 1. The van der Waals surface area contributed by atoms with Crippen molar-refractivity contribution in [2.24, 2.45) is 4.99 Å². The second-order valence-electron chi connectivity index (χ2n) is 3.11. The minimum Gasteiger partial charge on any atom is -0.494 e. The molecule has 6 nitrogen and oxygen atoms in total. The van der Waals surface area contributed by atoms with E-state index in [0.29, 0.717) is 11.7 Å². The molecule has 3 N–H and O–H groups in total. The van der Waals surface area contributed by atoms with Crippen LogP contribution >= 0.6 is 11.8 Å². The molecule has 0 atom stereocenters. The molecule has 0 saturated heterocycles. The van der Waals surface area contributed by atoms with Crippen molar-refractivity contribution in [3.8, 4) is 5.88 Å². The van der Waals surface area contributed by atoms with Crippen molar-refractivity contribution in [1.29, 1.82) is 0 Å². The summed E-state index contributed by atoms with van der Waals surface area (Å²) in [6.07, 6.45) is 0. The average molecular weight is 239 g/mol. The Morgan fingerprint density at radius 3 is 3.00 bits per heavy atom. The van der Waals surface area contributed by atoms with Gasteiger partial charge in [-0.05, 0) is 0 Å². The lowest BCUT2D eigenvalue weighted by molar-refractivity contribution is 0.0977. The summed E-state index contributed by atoms with van der Waals surface area (Å²) in [6.45, 7) is 0.681. The highest BCUT2D eigenvalue weighted by atomic mass is 32.2. The van der Waals surface area contributed by atoms with Gasteiger partial charge in [0.25, 0.3) is 11.5 Å². The van der Waals surface area contributed by atoms with Crippen LogP contribution in [0.2, 0.25) is 0 Å². The number of H-pyrrole nitrogens is 1. The summed E-state index contributed by atoms with van der Waals surface area (Å²) < 4.78 is 0. The zero-order valence-electron chi connectivity index (χ0n) is 8.19. The number of pyridine rings is 1. The van der Waals surface area contributed by atoms with E-state index in [4.69, 9.17) is 5.11 Å². The van der Waals surface area contributed by atoms with E-state index in [0.717, 1.165) is 11.8 Å². The molecule has 0 unspecified atom stereocenters. The Kier molecular flexibility index (Phi) is 2.95. The lowest BCUT2D eigenvalue weighted by Crippen LogP contribution is -2.28. The summed E-state index contributed by atoms with van der Waals surface area (Å²) in [5, 5.41) is 12.2. The summed E-state index contributed by atoms with van der Waals surface area (Å²) in [5.41, 5.74) is -0.414. The van der Waals surface area contributed by atoms with Gasteiger partial charge < -0.3 is 10.4 Å². The molecule has 2 heterocycles. The molecule has 0 radical (unpaired) electrons. The van der Waals surface area contributed by atoms with Gasteiger partial charge in [-0.15, -0.1) is 0 Å². The number of aromatic hydroxyl groups is 1. The van der Waals surface area contributed by atoms with Crippen LogP contribution in [0.4, 0.5) is 0 Å². The smallest absolute Gasteiger partial charge is 0.257 e. The van der Waals surface area contributed by atoms with Crippen molar-refractivity contribution < 1.29 is 9.90 Å². The number of aromatic nitrogens is 1. The van der Waals surface area contributed by atoms with E-state index in [1.54, 1.807) is 0 Å². The van der Waals surface area contributed by atoms with Gasteiger partial charge in [0.05, 0.1) is 12.1 Å². The van der Waals surface area contributed by atoms with Crippen molar-refractivity contribution in [3.63, 3.8) is 0 Å². The lowest BCUT2D eigenvalue weighted by Gasteiger charge is -2.03. The molecule has 0 fully saturated rings. The summed E-state index contributed by atoms with van der Waals surface area (Å²) in [6, 6.07) is 2.31. The maximum atomic E-state index is 11.6. The number of aliphatic imine (C=N–C) groups is 1. The SMILES string of the molecule is O=C(NC1=NCCS1)c1cc(O)[nH]c(=O)c1. The highest BCUT2D eigenvalue weighted by molar-refractivity contribution is 8.14. The van der Waals surface area contributed by atoms with Crippen LogP contribution in [0, 0.1) is 0 Å². The minimum atomic E-state index is -0.522. The molecule has 0 aliphatic carbocycles. The second-order valence-corrected chi connectivity index (χ2v) is 4.19. The maximum absolute atomic E-state index is 11.6. The molecule has 0 spiro atoms. The molecule has 0 aromatic carbocycles. The Morgan fingerprint density at radius 2 is 2.38 bits per heavy atom. The van der Waals surface area contributed by atoms with Gasteiger partial charge in [0, 0.05) is 17.9 Å². The summed E-state index contributed by atoms with van der Waals surface area (Å²) in [7, 11) is 0. The predicted molar refractivity (Wildman–Crippen MR) is 61.0 cm³/mol. The number of hydrogen-bond donors (Lipinski definition) is 3. The highest BCUT2D eigenvalue weighted by Gasteiger charge is 2.13. The summed E-state index contributed by atoms with van der Waals surface area (Å²) >= 11 is 1.44. The van der Waals surface area contributed by atoms with E-state index in [1.165, 1.54) is 17.8 Å². The molecule has 2 rings (SSSR count). The van der Waals surface area contributed by atoms with E-state index >= 15 is 0 Å². The fourth-order valence-electron chi connectivity index (χ4n) is 1.24. The first-order valence-electron chi connectivity index (χ1n) is 4.57. The third-order valence-electron chi connectivity index (χ3n) is 1.90. The Balaban J connectivity index is 2.17. The molecule has 0 bridgehead atoms. The number of carbonyl (C=O) groups is 1. The van der Waals surface area contributed by atoms with Crippen LogP contribution in [0.25, 0.3) is 0 Å². The number of nitrogens with zero attached hydrogens (tertiary/aromatic N) is 1. The quantitative estimate of drug-likeness (QED) is 0.638. The number of carbonyl (C=O) groups excluding carboxylic acids is 1. The van der Waals surface area contributed by atoms with Crippen molar-refractivity contribution in [1.82, 2.24) is 10.3 Å². The van der Waals surface area contributed by atoms with Gasteiger partial charge in [-0.25, -0.2) is 0 Å². The zero-order valence-corrected chi connectivity index (χ0v) is 9.00. The van der Waals surface area contributed by atoms with Gasteiger partial charge in [-0.3, -0.25) is 19.6 Å². The van der Waals surface area contributed by atoms with E-state index in [-0.39, 0.29) is 11.4 Å². The molecule has 84 valence electrons. The van der Waals surface area contributed by atoms with Gasteiger partial charge in [0.2, 0.25) is 0 Å². The topological polar surface area (TPSA) is 94.5 Å². The van der Waals surface area contributed by atoms with Crippen LogP contribution in [0.5, 0.6) is 5.88 Å². The third-order valence-corrected chi connectivity index (χ3v) is 2.79. The van der Waals surface area contributed by atoms with E-state index < -0.39 is 11.5 Å². The first kappa shape index (κ1) is 10.7. The van der Waals surface area contributed by atoms with E-state index in [9.17, 15) is 9.59 Å². The molecule has 16 heavy (non-hydrogen) atoms. The van der Waals surface area contributed by atoms with Crippen molar-refractivity contribution >= 4 is 22.8 Å². The van der Waals surface area contributed by atoms with E-state index in [1.807, 2.05) is 0 Å². The fourth-order valence-corrected chi connectivity index (χ4v) is 1.96. The Morgan fingerprint density at radius 1 is 1.56 bits per heavy atom. The molecule has 1 aliphatic rings.